The molecule has 0 amide bonds. The molecule has 1 fully saturated rings. The zero-order chi connectivity index (χ0) is 28.0. The van der Waals surface area contributed by atoms with Gasteiger partial charge in [-0.15, -0.1) is 0 Å². The molecule has 1 aliphatic rings. The number of carbonyl (C=O) groups excluding carboxylic acids is 1. The first kappa shape index (κ1) is 29.1. The van der Waals surface area contributed by atoms with Gasteiger partial charge in [0.2, 0.25) is 0 Å². The number of aryl methyl sites for hydroxylation is 2. The van der Waals surface area contributed by atoms with Crippen LogP contribution in [0.3, 0.4) is 0 Å². The van der Waals surface area contributed by atoms with E-state index < -0.39 is 0 Å². The van der Waals surface area contributed by atoms with Gasteiger partial charge >= 0.3 is 5.97 Å². The molecule has 4 nitrogen and oxygen atoms in total. The molecule has 1 aromatic heterocycles. The third kappa shape index (κ3) is 6.47. The first-order chi connectivity index (χ1) is 18.8. The quantitative estimate of drug-likeness (QED) is 0.287. The van der Waals surface area contributed by atoms with Crippen molar-refractivity contribution in [2.75, 3.05) is 18.6 Å². The second-order valence-corrected chi connectivity index (χ2v) is 11.8. The Balaban J connectivity index is 1.63. The van der Waals surface area contributed by atoms with Gasteiger partial charge in [-0.25, -0.2) is 0 Å². The summed E-state index contributed by atoms with van der Waals surface area (Å²) >= 11 is 1.93. The summed E-state index contributed by atoms with van der Waals surface area (Å²) in [5.74, 6) is 2.00. The minimum Gasteiger partial charge on any atom is -0.469 e. The number of nitrogens with zero attached hydrogens (tertiary/aromatic N) is 1. The van der Waals surface area contributed by atoms with Gasteiger partial charge in [0.25, 0.3) is 0 Å². The lowest BCUT2D eigenvalue weighted by Crippen LogP contribution is -2.26. The van der Waals surface area contributed by atoms with Crippen molar-refractivity contribution < 1.29 is 14.6 Å². The molecule has 1 saturated heterocycles. The highest BCUT2D eigenvalue weighted by molar-refractivity contribution is 7.99. The number of benzene rings is 2. The number of hydrogen-bond donors (Lipinski definition) is 1. The van der Waals surface area contributed by atoms with Crippen molar-refractivity contribution in [3.05, 3.63) is 94.3 Å². The lowest BCUT2D eigenvalue weighted by Gasteiger charge is -2.34. The second-order valence-electron chi connectivity index (χ2n) is 10.7. The van der Waals surface area contributed by atoms with Crippen molar-refractivity contribution in [3.63, 3.8) is 0 Å². The summed E-state index contributed by atoms with van der Waals surface area (Å²) in [5, 5.41) is 10.3. The van der Waals surface area contributed by atoms with E-state index in [9.17, 15) is 9.90 Å². The van der Waals surface area contributed by atoms with Crippen LogP contribution in [0, 0.1) is 19.8 Å². The molecular formula is C34H41NO3S. The van der Waals surface area contributed by atoms with Gasteiger partial charge in [0.05, 0.1) is 19.6 Å². The molecular weight excluding hydrogens is 502 g/mol. The highest BCUT2D eigenvalue weighted by Gasteiger charge is 2.31. The number of hydrogen-bond acceptors (Lipinski definition) is 5. The number of pyridine rings is 1. The number of thioether (sulfide) groups is 1. The van der Waals surface area contributed by atoms with Crippen molar-refractivity contribution in [2.24, 2.45) is 5.92 Å². The molecule has 0 aliphatic carbocycles. The molecule has 5 heteroatoms. The number of rotatable bonds is 9. The first-order valence-electron chi connectivity index (χ1n) is 14.0. The summed E-state index contributed by atoms with van der Waals surface area (Å²) in [6.07, 6.45) is 10.8. The largest absolute Gasteiger partial charge is 0.469 e. The maximum atomic E-state index is 11.8. The second kappa shape index (κ2) is 13.0. The van der Waals surface area contributed by atoms with Gasteiger partial charge in [-0.2, -0.15) is 11.8 Å². The summed E-state index contributed by atoms with van der Waals surface area (Å²) in [6.45, 7) is 8.89. The number of aliphatic hydroxyl groups is 1. The molecule has 206 valence electrons. The Morgan fingerprint density at radius 3 is 2.44 bits per heavy atom. The van der Waals surface area contributed by atoms with Gasteiger partial charge in [0.15, 0.2) is 0 Å². The maximum absolute atomic E-state index is 11.8. The molecule has 0 radical (unpaired) electrons. The first-order valence-corrected chi connectivity index (χ1v) is 15.1. The standard InChI is InChI=1S/C34H41NO3S/c1-6-34(7-2,29-11-10-26(23(3)16-29)8-9-27-22-39-15-14-32(27)36)30-12-13-31(24(4)17-30)28-18-25(20-35-21-28)19-33(37)38-5/h8-13,16-18,20-21,27,32,36H,6-7,14-15,19,22H2,1-5H3. The van der Waals surface area contributed by atoms with Crippen molar-refractivity contribution in [3.8, 4) is 11.1 Å². The van der Waals surface area contributed by atoms with E-state index in [0.717, 1.165) is 47.5 Å². The summed E-state index contributed by atoms with van der Waals surface area (Å²) < 4.78 is 4.82. The number of methoxy groups -OCH3 is 1. The zero-order valence-electron chi connectivity index (χ0n) is 23.9. The van der Waals surface area contributed by atoms with Gasteiger partial charge in [0, 0.05) is 35.0 Å². The molecule has 2 heterocycles. The summed E-state index contributed by atoms with van der Waals surface area (Å²) in [4.78, 5) is 16.1. The molecule has 39 heavy (non-hydrogen) atoms. The van der Waals surface area contributed by atoms with E-state index in [4.69, 9.17) is 4.74 Å². The van der Waals surface area contributed by atoms with Crippen LogP contribution in [-0.2, 0) is 21.4 Å². The zero-order valence-corrected chi connectivity index (χ0v) is 24.7. The topological polar surface area (TPSA) is 59.4 Å². The van der Waals surface area contributed by atoms with Crippen LogP contribution in [-0.4, -0.2) is 40.8 Å². The molecule has 2 unspecified atom stereocenters. The smallest absolute Gasteiger partial charge is 0.310 e. The van der Waals surface area contributed by atoms with Gasteiger partial charge < -0.3 is 9.84 Å². The van der Waals surface area contributed by atoms with Crippen molar-refractivity contribution in [1.29, 1.82) is 0 Å². The van der Waals surface area contributed by atoms with Crippen LogP contribution < -0.4 is 0 Å². The van der Waals surface area contributed by atoms with Gasteiger partial charge in [-0.05, 0) is 83.9 Å². The monoisotopic (exact) mass is 543 g/mol. The Hall–Kier alpha value is -2.89. The number of carbonyl (C=O) groups is 1. The molecule has 4 rings (SSSR count). The predicted molar refractivity (Wildman–Crippen MR) is 163 cm³/mol. The minimum atomic E-state index is -0.265. The number of ether oxygens (including phenoxy) is 1. The van der Waals surface area contributed by atoms with E-state index in [-0.39, 0.29) is 29.8 Å². The van der Waals surface area contributed by atoms with E-state index in [1.807, 2.05) is 24.0 Å². The molecule has 3 aromatic rings. The van der Waals surface area contributed by atoms with E-state index >= 15 is 0 Å². The Bertz CT molecular complexity index is 1330. The third-order valence-electron chi connectivity index (χ3n) is 8.38. The Morgan fingerprint density at radius 2 is 1.79 bits per heavy atom. The SMILES string of the molecule is CCC(CC)(c1ccc(C=CC2CSCCC2O)c(C)c1)c1ccc(-c2cncc(CC(=O)OC)c2)c(C)c1. The van der Waals surface area contributed by atoms with Crippen LogP contribution >= 0.6 is 11.8 Å². The predicted octanol–water partition coefficient (Wildman–Crippen LogP) is 7.31. The lowest BCUT2D eigenvalue weighted by molar-refractivity contribution is -0.139. The molecule has 0 bridgehead atoms. The van der Waals surface area contributed by atoms with Gasteiger partial charge in [-0.3, -0.25) is 9.78 Å². The average molecular weight is 544 g/mol. The molecule has 2 atom stereocenters. The fourth-order valence-corrected chi connectivity index (χ4v) is 6.99. The van der Waals surface area contributed by atoms with Crippen LogP contribution in [0.5, 0.6) is 0 Å². The number of esters is 1. The highest BCUT2D eigenvalue weighted by Crippen LogP contribution is 2.41. The minimum absolute atomic E-state index is 0.0858. The van der Waals surface area contributed by atoms with Crippen LogP contribution in [0.25, 0.3) is 17.2 Å². The van der Waals surface area contributed by atoms with Crippen molar-refractivity contribution in [1.82, 2.24) is 4.98 Å². The van der Waals surface area contributed by atoms with Gasteiger partial charge in [0.1, 0.15) is 0 Å². The Labute approximate surface area is 237 Å². The van der Waals surface area contributed by atoms with Crippen LogP contribution in [0.15, 0.2) is 60.9 Å². The summed E-state index contributed by atoms with van der Waals surface area (Å²) in [7, 11) is 1.41. The van der Waals surface area contributed by atoms with Crippen LogP contribution in [0.2, 0.25) is 0 Å². The van der Waals surface area contributed by atoms with Gasteiger partial charge in [-0.1, -0.05) is 62.4 Å². The van der Waals surface area contributed by atoms with E-state index in [2.05, 4.69) is 81.2 Å². The van der Waals surface area contributed by atoms with Crippen LogP contribution in [0.4, 0.5) is 0 Å². The fourth-order valence-electron chi connectivity index (χ4n) is 5.81. The lowest BCUT2D eigenvalue weighted by atomic mass is 9.69. The molecule has 2 aromatic carbocycles. The summed E-state index contributed by atoms with van der Waals surface area (Å²) in [6, 6.07) is 15.7. The third-order valence-corrected chi connectivity index (χ3v) is 9.52. The maximum Gasteiger partial charge on any atom is 0.310 e. The highest BCUT2D eigenvalue weighted by atomic mass is 32.2. The van der Waals surface area contributed by atoms with Crippen LogP contribution in [0.1, 0.15) is 66.5 Å². The molecule has 1 aliphatic heterocycles. The Kier molecular flexibility index (Phi) is 9.68. The van der Waals surface area contributed by atoms with E-state index in [0.29, 0.717) is 0 Å². The molecule has 0 saturated carbocycles. The van der Waals surface area contributed by atoms with Crippen molar-refractivity contribution >= 4 is 23.8 Å². The number of aliphatic hydroxyl groups excluding tert-OH is 1. The summed E-state index contributed by atoms with van der Waals surface area (Å²) in [5.41, 5.74) is 9.21. The van der Waals surface area contributed by atoms with E-state index in [1.54, 1.807) is 6.20 Å². The molecule has 1 N–H and O–H groups in total. The average Bonchev–Trinajstić information content (AvgIpc) is 2.94. The van der Waals surface area contributed by atoms with Crippen molar-refractivity contribution in [2.45, 2.75) is 64.9 Å². The normalized spacial score (nSPS) is 17.9. The number of aromatic nitrogens is 1. The molecule has 0 spiro atoms. The fraction of sp³-hybridized carbons (Fsp3) is 0.412. The Morgan fingerprint density at radius 1 is 1.08 bits per heavy atom. The van der Waals surface area contributed by atoms with E-state index in [1.165, 1.54) is 34.9 Å².